The molecule has 0 unspecified atom stereocenters. The average Bonchev–Trinajstić information content (AvgIpc) is 3.10. The van der Waals surface area contributed by atoms with E-state index < -0.39 is 5.97 Å². The average molecular weight is 398 g/mol. The molecule has 0 saturated carbocycles. The van der Waals surface area contributed by atoms with Crippen LogP contribution >= 0.6 is 11.3 Å². The van der Waals surface area contributed by atoms with Crippen molar-refractivity contribution in [3.05, 3.63) is 59.6 Å². The van der Waals surface area contributed by atoms with Crippen LogP contribution in [0.1, 0.15) is 18.9 Å². The van der Waals surface area contributed by atoms with E-state index in [1.54, 1.807) is 4.90 Å². The van der Waals surface area contributed by atoms with Gasteiger partial charge in [-0.25, -0.2) is 9.78 Å². The molecule has 1 amide bonds. The number of hydrogen-bond donors (Lipinski definition) is 0. The van der Waals surface area contributed by atoms with Gasteiger partial charge in [-0.2, -0.15) is 0 Å². The summed E-state index contributed by atoms with van der Waals surface area (Å²) in [6, 6.07) is 17.1. The first kappa shape index (κ1) is 20.0. The number of para-hydroxylation sites is 2. The first-order valence-electron chi connectivity index (χ1n) is 8.99. The Kier molecular flexibility index (Phi) is 6.73. The van der Waals surface area contributed by atoms with Gasteiger partial charge in [-0.05, 0) is 38.1 Å². The molecule has 7 heteroatoms. The Bertz CT molecular complexity index is 907. The zero-order valence-electron chi connectivity index (χ0n) is 15.8. The van der Waals surface area contributed by atoms with Crippen LogP contribution in [0.4, 0.5) is 5.69 Å². The summed E-state index contributed by atoms with van der Waals surface area (Å²) in [7, 11) is 0. The highest BCUT2D eigenvalue weighted by Crippen LogP contribution is 2.22. The first-order valence-corrected chi connectivity index (χ1v) is 9.81. The summed E-state index contributed by atoms with van der Waals surface area (Å²) in [5.74, 6) is -0.855. The predicted octanol–water partition coefficient (Wildman–Crippen LogP) is 3.80. The van der Waals surface area contributed by atoms with Crippen LogP contribution in [0, 0.1) is 0 Å². The maximum atomic E-state index is 12.5. The largest absolute Gasteiger partial charge is 0.454 e. The normalized spacial score (nSPS) is 11.0. The Labute approximate surface area is 167 Å². The maximum absolute atomic E-state index is 12.5. The fourth-order valence-corrected chi connectivity index (χ4v) is 3.68. The molecule has 0 aliphatic carbocycles. The summed E-state index contributed by atoms with van der Waals surface area (Å²) in [6.45, 7) is 3.50. The van der Waals surface area contributed by atoms with Gasteiger partial charge < -0.3 is 14.4 Å². The van der Waals surface area contributed by atoms with Crippen molar-refractivity contribution >= 4 is 39.1 Å². The van der Waals surface area contributed by atoms with Gasteiger partial charge in [0.05, 0.1) is 16.8 Å². The SMILES string of the molecule is CC(C)N(C(=O)COC(=O)COCc1nc2ccccc2s1)c1ccccc1. The van der Waals surface area contributed by atoms with Crippen LogP contribution in [-0.2, 0) is 25.7 Å². The number of carbonyl (C=O) groups excluding carboxylic acids is 2. The van der Waals surface area contributed by atoms with E-state index in [9.17, 15) is 9.59 Å². The standard InChI is InChI=1S/C21H22N2O4S/c1-15(2)23(16-8-4-3-5-9-16)20(24)13-27-21(25)14-26-12-19-22-17-10-6-7-11-18(17)28-19/h3-11,15H,12-14H2,1-2H3. The van der Waals surface area contributed by atoms with E-state index in [0.717, 1.165) is 20.9 Å². The van der Waals surface area contributed by atoms with Gasteiger partial charge in [0.1, 0.15) is 11.6 Å². The highest BCUT2D eigenvalue weighted by atomic mass is 32.1. The van der Waals surface area contributed by atoms with Crippen LogP contribution in [-0.4, -0.2) is 36.1 Å². The third-order valence-electron chi connectivity index (χ3n) is 3.96. The molecule has 0 aliphatic rings. The number of fused-ring (bicyclic) bond motifs is 1. The second kappa shape index (κ2) is 9.43. The Morgan fingerprint density at radius 3 is 2.46 bits per heavy atom. The van der Waals surface area contributed by atoms with Crippen LogP contribution in [0.3, 0.4) is 0 Å². The number of rotatable bonds is 8. The van der Waals surface area contributed by atoms with Crippen molar-refractivity contribution in [1.29, 1.82) is 0 Å². The number of carbonyl (C=O) groups is 2. The summed E-state index contributed by atoms with van der Waals surface area (Å²) < 4.78 is 11.5. The maximum Gasteiger partial charge on any atom is 0.332 e. The highest BCUT2D eigenvalue weighted by Gasteiger charge is 2.20. The zero-order chi connectivity index (χ0) is 19.9. The molecule has 146 valence electrons. The van der Waals surface area contributed by atoms with Crippen molar-refractivity contribution < 1.29 is 19.1 Å². The topological polar surface area (TPSA) is 68.7 Å². The molecule has 3 rings (SSSR count). The van der Waals surface area contributed by atoms with Crippen LogP contribution in [0.15, 0.2) is 54.6 Å². The third-order valence-corrected chi connectivity index (χ3v) is 4.97. The Morgan fingerprint density at radius 2 is 1.75 bits per heavy atom. The van der Waals surface area contributed by atoms with E-state index >= 15 is 0 Å². The lowest BCUT2D eigenvalue weighted by Gasteiger charge is -2.26. The monoisotopic (exact) mass is 398 g/mol. The molecule has 0 fully saturated rings. The van der Waals surface area contributed by atoms with Crippen LogP contribution in [0.5, 0.6) is 0 Å². The van der Waals surface area contributed by atoms with E-state index in [-0.39, 0.29) is 31.8 Å². The van der Waals surface area contributed by atoms with Gasteiger partial charge in [0.15, 0.2) is 6.61 Å². The minimum atomic E-state index is -0.578. The number of esters is 1. The molecule has 6 nitrogen and oxygen atoms in total. The lowest BCUT2D eigenvalue weighted by Crippen LogP contribution is -2.40. The van der Waals surface area contributed by atoms with Crippen molar-refractivity contribution in [2.45, 2.75) is 26.5 Å². The van der Waals surface area contributed by atoms with Gasteiger partial charge in [-0.15, -0.1) is 11.3 Å². The van der Waals surface area contributed by atoms with Crippen molar-refractivity contribution in [3.8, 4) is 0 Å². The second-order valence-electron chi connectivity index (χ2n) is 6.42. The minimum absolute atomic E-state index is 0.0520. The Hall–Kier alpha value is -2.77. The number of anilines is 1. The molecule has 0 atom stereocenters. The zero-order valence-corrected chi connectivity index (χ0v) is 16.6. The molecule has 1 aromatic heterocycles. The number of thiazole rings is 1. The van der Waals surface area contributed by atoms with Crippen molar-refractivity contribution in [3.63, 3.8) is 0 Å². The summed E-state index contributed by atoms with van der Waals surface area (Å²) in [5.41, 5.74) is 1.68. The smallest absolute Gasteiger partial charge is 0.332 e. The molecule has 1 heterocycles. The number of ether oxygens (including phenoxy) is 2. The minimum Gasteiger partial charge on any atom is -0.454 e. The predicted molar refractivity (Wildman–Crippen MR) is 109 cm³/mol. The molecule has 0 saturated heterocycles. The van der Waals surface area contributed by atoms with Crippen molar-refractivity contribution in [2.24, 2.45) is 0 Å². The van der Waals surface area contributed by atoms with Gasteiger partial charge in [0.25, 0.3) is 5.91 Å². The third kappa shape index (κ3) is 5.15. The van der Waals surface area contributed by atoms with Gasteiger partial charge in [-0.1, -0.05) is 30.3 Å². The summed E-state index contributed by atoms with van der Waals surface area (Å²) in [5, 5.41) is 0.792. The molecule has 0 aliphatic heterocycles. The van der Waals surface area contributed by atoms with Crippen LogP contribution in [0.2, 0.25) is 0 Å². The van der Waals surface area contributed by atoms with Crippen molar-refractivity contribution in [1.82, 2.24) is 4.98 Å². The Balaban J connectivity index is 1.46. The van der Waals surface area contributed by atoms with Crippen LogP contribution < -0.4 is 4.90 Å². The van der Waals surface area contributed by atoms with E-state index in [2.05, 4.69) is 4.98 Å². The molecule has 2 aromatic carbocycles. The molecule has 28 heavy (non-hydrogen) atoms. The van der Waals surface area contributed by atoms with Crippen molar-refractivity contribution in [2.75, 3.05) is 18.1 Å². The van der Waals surface area contributed by atoms with E-state index in [0.29, 0.717) is 0 Å². The molecular formula is C21H22N2O4S. The first-order chi connectivity index (χ1) is 13.5. The van der Waals surface area contributed by atoms with E-state index in [4.69, 9.17) is 9.47 Å². The lowest BCUT2D eigenvalue weighted by molar-refractivity contribution is -0.152. The number of amides is 1. The van der Waals surface area contributed by atoms with E-state index in [1.807, 2.05) is 68.4 Å². The van der Waals surface area contributed by atoms with Gasteiger partial charge in [0.2, 0.25) is 0 Å². The molecule has 0 radical (unpaired) electrons. The summed E-state index contributed by atoms with van der Waals surface area (Å²) in [6.07, 6.45) is 0. The Morgan fingerprint density at radius 1 is 1.04 bits per heavy atom. The van der Waals surface area contributed by atoms with Gasteiger partial charge in [-0.3, -0.25) is 4.79 Å². The number of hydrogen-bond acceptors (Lipinski definition) is 6. The number of benzene rings is 2. The summed E-state index contributed by atoms with van der Waals surface area (Å²) >= 11 is 1.52. The fourth-order valence-electron chi connectivity index (χ4n) is 2.78. The van der Waals surface area contributed by atoms with E-state index in [1.165, 1.54) is 11.3 Å². The quantitative estimate of drug-likeness (QED) is 0.540. The van der Waals surface area contributed by atoms with Crippen LogP contribution in [0.25, 0.3) is 10.2 Å². The highest BCUT2D eigenvalue weighted by molar-refractivity contribution is 7.18. The molecular weight excluding hydrogens is 376 g/mol. The molecule has 0 bridgehead atoms. The molecule has 3 aromatic rings. The molecule has 0 N–H and O–H groups in total. The van der Waals surface area contributed by atoms with Gasteiger partial charge in [0, 0.05) is 11.7 Å². The second-order valence-corrected chi connectivity index (χ2v) is 7.54. The number of nitrogens with zero attached hydrogens (tertiary/aromatic N) is 2. The molecule has 0 spiro atoms. The fraction of sp³-hybridized carbons (Fsp3) is 0.286. The van der Waals surface area contributed by atoms with Gasteiger partial charge >= 0.3 is 5.97 Å². The summed E-state index contributed by atoms with van der Waals surface area (Å²) in [4.78, 5) is 30.4. The number of aromatic nitrogens is 1. The lowest BCUT2D eigenvalue weighted by atomic mass is 10.2.